The zero-order chi connectivity index (χ0) is 20.2. The molecule has 1 atom stereocenters. The number of hydrogen-bond acceptors (Lipinski definition) is 5. The van der Waals surface area contributed by atoms with Gasteiger partial charge in [-0.2, -0.15) is 0 Å². The average Bonchev–Trinajstić information content (AvgIpc) is 2.61. The Balaban J connectivity index is 2.16. The Kier molecular flexibility index (Phi) is 6.56. The molecule has 0 aliphatic carbocycles. The van der Waals surface area contributed by atoms with E-state index in [1.165, 1.54) is 18.2 Å². The van der Waals surface area contributed by atoms with Gasteiger partial charge < -0.3 is 14.8 Å². The fourth-order valence-electron chi connectivity index (χ4n) is 2.42. The van der Waals surface area contributed by atoms with E-state index in [0.29, 0.717) is 17.1 Å². The average molecular weight is 413 g/mol. The van der Waals surface area contributed by atoms with Crippen LogP contribution in [0.5, 0.6) is 11.5 Å². The highest BCUT2D eigenvalue weighted by atomic mass is 35.5. The van der Waals surface area contributed by atoms with Gasteiger partial charge in [-0.3, -0.25) is 9.52 Å². The van der Waals surface area contributed by atoms with Gasteiger partial charge in [-0.25, -0.2) is 8.42 Å². The van der Waals surface area contributed by atoms with Crippen molar-refractivity contribution in [2.45, 2.75) is 13.0 Å². The van der Waals surface area contributed by atoms with Gasteiger partial charge in [-0.05, 0) is 42.8 Å². The van der Waals surface area contributed by atoms with Crippen LogP contribution in [-0.4, -0.2) is 34.8 Å². The van der Waals surface area contributed by atoms with Gasteiger partial charge in [0.2, 0.25) is 10.0 Å². The largest absolute Gasteiger partial charge is 0.493 e. The van der Waals surface area contributed by atoms with E-state index in [0.717, 1.165) is 11.8 Å². The molecule has 2 N–H and O–H groups in total. The number of carbonyl (C=O) groups is 1. The Hall–Kier alpha value is -2.45. The highest BCUT2D eigenvalue weighted by Gasteiger charge is 2.15. The van der Waals surface area contributed by atoms with E-state index < -0.39 is 10.0 Å². The third kappa shape index (κ3) is 5.51. The zero-order valence-corrected chi connectivity index (χ0v) is 16.9. The monoisotopic (exact) mass is 412 g/mol. The van der Waals surface area contributed by atoms with E-state index in [2.05, 4.69) is 10.0 Å². The molecule has 0 aliphatic rings. The first-order chi connectivity index (χ1) is 12.6. The molecule has 0 saturated carbocycles. The minimum absolute atomic E-state index is 0.131. The van der Waals surface area contributed by atoms with Crippen LogP contribution in [0.25, 0.3) is 0 Å². The molecule has 7 nitrogen and oxygen atoms in total. The summed E-state index contributed by atoms with van der Waals surface area (Å²) in [5.74, 6) is 0.820. The minimum atomic E-state index is -3.46. The van der Waals surface area contributed by atoms with Crippen LogP contribution >= 0.6 is 11.6 Å². The number of anilines is 1. The quantitative estimate of drug-likeness (QED) is 0.728. The summed E-state index contributed by atoms with van der Waals surface area (Å²) in [6.07, 6.45) is 1.02. The van der Waals surface area contributed by atoms with Crippen molar-refractivity contribution < 1.29 is 22.7 Å². The predicted octanol–water partition coefficient (Wildman–Crippen LogP) is 3.22. The molecule has 2 rings (SSSR count). The van der Waals surface area contributed by atoms with Gasteiger partial charge in [0.1, 0.15) is 0 Å². The summed E-state index contributed by atoms with van der Waals surface area (Å²) in [7, 11) is -0.366. The smallest absolute Gasteiger partial charge is 0.251 e. The van der Waals surface area contributed by atoms with Gasteiger partial charge in [-0.15, -0.1) is 0 Å². The van der Waals surface area contributed by atoms with Crippen molar-refractivity contribution in [1.82, 2.24) is 5.32 Å². The van der Waals surface area contributed by atoms with Gasteiger partial charge in [0.15, 0.2) is 11.5 Å². The number of nitrogens with one attached hydrogen (secondary N) is 2. The van der Waals surface area contributed by atoms with Crippen LogP contribution in [0.15, 0.2) is 36.4 Å². The van der Waals surface area contributed by atoms with E-state index in [1.54, 1.807) is 26.4 Å². The number of amides is 1. The molecule has 0 aromatic heterocycles. The Bertz CT molecular complexity index is 947. The standard InChI is InChI=1S/C18H21ClN2O5S/c1-11(12-6-8-16(25-2)17(10-12)26-3)20-18(22)13-5-7-15(14(19)9-13)21-27(4,23)24/h5-11,21H,1-4H3,(H,20,22)/t11-/m1/s1. The molecule has 0 radical (unpaired) electrons. The number of halogens is 1. The lowest BCUT2D eigenvalue weighted by Gasteiger charge is -2.17. The Morgan fingerprint density at radius 2 is 1.74 bits per heavy atom. The third-order valence-electron chi connectivity index (χ3n) is 3.78. The molecule has 1 amide bonds. The van der Waals surface area contributed by atoms with Gasteiger partial charge in [0, 0.05) is 5.56 Å². The second kappa shape index (κ2) is 8.49. The molecule has 9 heteroatoms. The number of ether oxygens (including phenoxy) is 2. The Morgan fingerprint density at radius 1 is 1.07 bits per heavy atom. The Morgan fingerprint density at radius 3 is 2.30 bits per heavy atom. The molecule has 2 aromatic carbocycles. The number of hydrogen-bond donors (Lipinski definition) is 2. The summed E-state index contributed by atoms with van der Waals surface area (Å²) >= 11 is 6.07. The zero-order valence-electron chi connectivity index (χ0n) is 15.4. The molecule has 0 fully saturated rings. The molecule has 146 valence electrons. The van der Waals surface area contributed by atoms with Crippen molar-refractivity contribution in [1.29, 1.82) is 0 Å². The maximum atomic E-state index is 12.5. The molecule has 2 aromatic rings. The van der Waals surface area contributed by atoms with E-state index in [-0.39, 0.29) is 22.7 Å². The van der Waals surface area contributed by atoms with Crippen molar-refractivity contribution in [3.8, 4) is 11.5 Å². The van der Waals surface area contributed by atoms with Crippen molar-refractivity contribution in [2.24, 2.45) is 0 Å². The van der Waals surface area contributed by atoms with Gasteiger partial charge in [0.25, 0.3) is 5.91 Å². The fraction of sp³-hybridized carbons (Fsp3) is 0.278. The van der Waals surface area contributed by atoms with Crippen LogP contribution in [-0.2, 0) is 10.0 Å². The summed E-state index contributed by atoms with van der Waals surface area (Å²) in [5.41, 5.74) is 1.36. The fourth-order valence-corrected chi connectivity index (χ4v) is 3.29. The van der Waals surface area contributed by atoms with Crippen LogP contribution in [0.4, 0.5) is 5.69 Å². The lowest BCUT2D eigenvalue weighted by Crippen LogP contribution is -2.26. The SMILES string of the molecule is COc1ccc([C@@H](C)NC(=O)c2ccc(NS(C)(=O)=O)c(Cl)c2)cc1OC. The molecular weight excluding hydrogens is 392 g/mol. The number of sulfonamides is 1. The van der Waals surface area contributed by atoms with E-state index in [4.69, 9.17) is 21.1 Å². The van der Waals surface area contributed by atoms with Crippen molar-refractivity contribution in [3.05, 3.63) is 52.5 Å². The second-order valence-electron chi connectivity index (χ2n) is 5.88. The third-order valence-corrected chi connectivity index (χ3v) is 4.69. The maximum Gasteiger partial charge on any atom is 0.251 e. The van der Waals surface area contributed by atoms with Crippen LogP contribution in [0.2, 0.25) is 5.02 Å². The van der Waals surface area contributed by atoms with Crippen LogP contribution in [0.3, 0.4) is 0 Å². The van der Waals surface area contributed by atoms with Crippen LogP contribution < -0.4 is 19.5 Å². The first-order valence-corrected chi connectivity index (χ1v) is 10.2. The lowest BCUT2D eigenvalue weighted by molar-refractivity contribution is 0.0940. The van der Waals surface area contributed by atoms with Crippen molar-refractivity contribution in [3.63, 3.8) is 0 Å². The first kappa shape index (κ1) is 20.9. The topological polar surface area (TPSA) is 93.7 Å². The number of rotatable bonds is 7. The number of benzene rings is 2. The second-order valence-corrected chi connectivity index (χ2v) is 8.03. The highest BCUT2D eigenvalue weighted by molar-refractivity contribution is 7.92. The Labute approximate surface area is 163 Å². The summed E-state index contributed by atoms with van der Waals surface area (Å²) in [4.78, 5) is 12.5. The molecule has 0 aliphatic heterocycles. The van der Waals surface area contributed by atoms with Crippen LogP contribution in [0, 0.1) is 0 Å². The number of methoxy groups -OCH3 is 2. The minimum Gasteiger partial charge on any atom is -0.493 e. The first-order valence-electron chi connectivity index (χ1n) is 7.94. The predicted molar refractivity (Wildman–Crippen MR) is 105 cm³/mol. The molecule has 0 saturated heterocycles. The molecule has 0 spiro atoms. The molecule has 0 heterocycles. The molecule has 27 heavy (non-hydrogen) atoms. The summed E-state index contributed by atoms with van der Waals surface area (Å²) in [6.45, 7) is 1.83. The van der Waals surface area contributed by atoms with Crippen molar-refractivity contribution in [2.75, 3.05) is 25.2 Å². The van der Waals surface area contributed by atoms with E-state index >= 15 is 0 Å². The van der Waals surface area contributed by atoms with E-state index in [1.807, 2.05) is 13.0 Å². The van der Waals surface area contributed by atoms with E-state index in [9.17, 15) is 13.2 Å². The van der Waals surface area contributed by atoms with Gasteiger partial charge in [0.05, 0.1) is 37.2 Å². The molecular formula is C18H21ClN2O5S. The number of carbonyl (C=O) groups excluding carboxylic acids is 1. The molecule has 0 bridgehead atoms. The van der Waals surface area contributed by atoms with Gasteiger partial charge >= 0.3 is 0 Å². The summed E-state index contributed by atoms with van der Waals surface area (Å²) < 4.78 is 35.4. The van der Waals surface area contributed by atoms with Crippen LogP contribution in [0.1, 0.15) is 28.9 Å². The summed E-state index contributed by atoms with van der Waals surface area (Å²) in [5, 5.41) is 2.99. The summed E-state index contributed by atoms with van der Waals surface area (Å²) in [6, 6.07) is 9.43. The lowest BCUT2D eigenvalue weighted by atomic mass is 10.1. The van der Waals surface area contributed by atoms with Gasteiger partial charge in [-0.1, -0.05) is 17.7 Å². The highest BCUT2D eigenvalue weighted by Crippen LogP contribution is 2.30. The maximum absolute atomic E-state index is 12.5. The molecule has 0 unspecified atom stereocenters. The normalized spacial score (nSPS) is 12.2. The van der Waals surface area contributed by atoms with Crippen molar-refractivity contribution >= 4 is 33.2 Å².